The molecular weight excluding hydrogens is 344 g/mol. The first-order chi connectivity index (χ1) is 9.05. The second-order valence-electron chi connectivity index (χ2n) is 5.98. The molecule has 20 heavy (non-hydrogen) atoms. The number of hydrogen-bond donors (Lipinski definition) is 2. The number of phenolic OH excluding ortho intramolecular Hbond substituents is 1. The van der Waals surface area contributed by atoms with Crippen LogP contribution in [0.15, 0.2) is 16.6 Å². The molecule has 1 aliphatic rings. The van der Waals surface area contributed by atoms with Crippen LogP contribution in [0.5, 0.6) is 5.75 Å². The van der Waals surface area contributed by atoms with Gasteiger partial charge in [0.25, 0.3) is 0 Å². The second kappa shape index (κ2) is 5.18. The topological polar surface area (TPSA) is 64.7 Å². The van der Waals surface area contributed by atoms with Crippen LogP contribution in [0, 0.1) is 0 Å². The molecule has 0 saturated carbocycles. The fourth-order valence-corrected chi connectivity index (χ4v) is 2.86. The van der Waals surface area contributed by atoms with Crippen molar-refractivity contribution in [1.29, 1.82) is 0 Å². The lowest BCUT2D eigenvalue weighted by molar-refractivity contribution is 0.00578. The molecule has 0 spiro atoms. The first-order valence-corrected chi connectivity index (χ1v) is 7.51. The number of phenols is 1. The van der Waals surface area contributed by atoms with Crippen molar-refractivity contribution >= 4 is 34.6 Å². The molecule has 0 unspecified atom stereocenters. The molecule has 0 amide bonds. The summed E-state index contributed by atoms with van der Waals surface area (Å²) in [7, 11) is -0.642. The molecule has 7 heteroatoms. The van der Waals surface area contributed by atoms with Gasteiger partial charge in [0.2, 0.25) is 0 Å². The molecule has 2 rings (SSSR count). The van der Waals surface area contributed by atoms with E-state index in [-0.39, 0.29) is 10.8 Å². The Bertz CT molecular complexity index is 523. The Balaban J connectivity index is 2.32. The van der Waals surface area contributed by atoms with Crippen molar-refractivity contribution < 1.29 is 14.4 Å². The van der Waals surface area contributed by atoms with Gasteiger partial charge >= 0.3 is 7.12 Å². The van der Waals surface area contributed by atoms with Gasteiger partial charge in [0.05, 0.1) is 22.2 Å². The quantitative estimate of drug-likeness (QED) is 0.791. The van der Waals surface area contributed by atoms with Crippen LogP contribution >= 0.6 is 27.5 Å². The molecule has 4 nitrogen and oxygen atoms in total. The van der Waals surface area contributed by atoms with E-state index in [0.29, 0.717) is 5.56 Å². The molecule has 1 heterocycles. The maximum Gasteiger partial charge on any atom is 0.480 e. The molecule has 1 aliphatic heterocycles. The second-order valence-corrected chi connectivity index (χ2v) is 7.30. The van der Waals surface area contributed by atoms with E-state index < -0.39 is 24.3 Å². The van der Waals surface area contributed by atoms with E-state index in [9.17, 15) is 5.11 Å². The Kier molecular flexibility index (Phi) is 4.17. The van der Waals surface area contributed by atoms with Crippen LogP contribution in [0.2, 0.25) is 5.02 Å². The molecule has 0 aliphatic carbocycles. The van der Waals surface area contributed by atoms with Crippen LogP contribution in [0.25, 0.3) is 0 Å². The highest BCUT2D eigenvalue weighted by Crippen LogP contribution is 2.42. The van der Waals surface area contributed by atoms with Crippen molar-refractivity contribution in [3.05, 3.63) is 27.2 Å². The third-order valence-corrected chi connectivity index (χ3v) is 4.73. The van der Waals surface area contributed by atoms with Gasteiger partial charge in [-0.05, 0) is 39.8 Å². The Morgan fingerprint density at radius 3 is 2.25 bits per heavy atom. The number of benzene rings is 1. The average Bonchev–Trinajstić information content (AvgIpc) is 2.52. The van der Waals surface area contributed by atoms with Crippen LogP contribution in [-0.4, -0.2) is 23.4 Å². The van der Waals surface area contributed by atoms with Crippen molar-refractivity contribution in [3.8, 4) is 5.75 Å². The van der Waals surface area contributed by atoms with Gasteiger partial charge in [-0.15, -0.1) is 0 Å². The average molecular weight is 362 g/mol. The molecule has 1 saturated heterocycles. The summed E-state index contributed by atoms with van der Waals surface area (Å²) < 4.78 is 12.5. The van der Waals surface area contributed by atoms with Crippen molar-refractivity contribution in [1.82, 2.24) is 0 Å². The fourth-order valence-electron chi connectivity index (χ4n) is 2.02. The number of nitrogens with two attached hydrogens (primary N) is 1. The number of hydrogen-bond acceptors (Lipinski definition) is 4. The number of rotatable bonds is 2. The minimum absolute atomic E-state index is 0.0444. The zero-order valence-electron chi connectivity index (χ0n) is 11.9. The van der Waals surface area contributed by atoms with Gasteiger partial charge in [-0.25, -0.2) is 0 Å². The molecule has 0 radical (unpaired) electrons. The predicted octanol–water partition coefficient (Wildman–Crippen LogP) is 3.44. The predicted molar refractivity (Wildman–Crippen MR) is 83.8 cm³/mol. The lowest BCUT2D eigenvalue weighted by Gasteiger charge is -2.32. The number of aromatic hydroxyl groups is 1. The SMILES string of the molecule is CC1(C)OB([C@H](N)c2cc(Br)cc(Cl)c2O)OC1(C)C. The Morgan fingerprint density at radius 1 is 1.25 bits per heavy atom. The summed E-state index contributed by atoms with van der Waals surface area (Å²) in [5.74, 6) is -0.678. The van der Waals surface area contributed by atoms with Crippen LogP contribution in [0.1, 0.15) is 39.2 Å². The third kappa shape index (κ3) is 2.72. The van der Waals surface area contributed by atoms with Crippen LogP contribution in [0.3, 0.4) is 0 Å². The summed E-state index contributed by atoms with van der Waals surface area (Å²) in [6.45, 7) is 7.81. The van der Waals surface area contributed by atoms with Crippen molar-refractivity contribution in [2.24, 2.45) is 5.73 Å². The van der Waals surface area contributed by atoms with E-state index >= 15 is 0 Å². The molecule has 1 atom stereocenters. The third-order valence-electron chi connectivity index (χ3n) is 3.98. The Morgan fingerprint density at radius 2 is 1.75 bits per heavy atom. The van der Waals surface area contributed by atoms with Crippen LogP contribution in [-0.2, 0) is 9.31 Å². The lowest BCUT2D eigenvalue weighted by Crippen LogP contribution is -2.41. The maximum absolute atomic E-state index is 10.1. The van der Waals surface area contributed by atoms with Gasteiger partial charge in [0, 0.05) is 10.0 Å². The van der Waals surface area contributed by atoms with Gasteiger partial charge in [0.15, 0.2) is 0 Å². The Labute approximate surface area is 132 Å². The molecule has 110 valence electrons. The molecule has 1 fully saturated rings. The zero-order valence-corrected chi connectivity index (χ0v) is 14.2. The molecule has 1 aromatic carbocycles. The Hall–Kier alpha value is -0.265. The van der Waals surface area contributed by atoms with Gasteiger partial charge < -0.3 is 20.1 Å². The fraction of sp³-hybridized carbons (Fsp3) is 0.538. The van der Waals surface area contributed by atoms with E-state index in [1.165, 1.54) is 0 Å². The summed E-state index contributed by atoms with van der Waals surface area (Å²) in [4.78, 5) is 0. The summed E-state index contributed by atoms with van der Waals surface area (Å²) in [5, 5.41) is 10.3. The molecular formula is C13H18BBrClNO3. The van der Waals surface area contributed by atoms with Crippen LogP contribution < -0.4 is 5.73 Å². The highest BCUT2D eigenvalue weighted by Gasteiger charge is 2.53. The number of halogens is 2. The van der Waals surface area contributed by atoms with Crippen LogP contribution in [0.4, 0.5) is 0 Å². The van der Waals surface area contributed by atoms with E-state index in [2.05, 4.69) is 15.9 Å². The highest BCUT2D eigenvalue weighted by atomic mass is 79.9. The minimum atomic E-state index is -0.642. The van der Waals surface area contributed by atoms with E-state index in [1.807, 2.05) is 27.7 Å². The van der Waals surface area contributed by atoms with E-state index in [0.717, 1.165) is 4.47 Å². The van der Waals surface area contributed by atoms with E-state index in [4.69, 9.17) is 26.6 Å². The summed E-state index contributed by atoms with van der Waals surface area (Å²) in [6, 6.07) is 3.33. The summed E-state index contributed by atoms with van der Waals surface area (Å²) in [5.41, 5.74) is 5.74. The minimum Gasteiger partial charge on any atom is -0.506 e. The molecule has 1 aromatic rings. The molecule has 0 bridgehead atoms. The smallest absolute Gasteiger partial charge is 0.480 e. The summed E-state index contributed by atoms with van der Waals surface area (Å²) >= 11 is 9.30. The first-order valence-electron chi connectivity index (χ1n) is 6.34. The first kappa shape index (κ1) is 16.1. The van der Waals surface area contributed by atoms with Gasteiger partial charge in [-0.2, -0.15) is 0 Å². The van der Waals surface area contributed by atoms with Gasteiger partial charge in [-0.1, -0.05) is 27.5 Å². The monoisotopic (exact) mass is 361 g/mol. The maximum atomic E-state index is 10.1. The largest absolute Gasteiger partial charge is 0.506 e. The standard InChI is InChI=1S/C13H18BBrClNO3/c1-12(2)13(3,4)20-14(19-12)11(17)8-5-7(15)6-9(16)10(8)18/h5-6,11,18H,17H2,1-4H3/t11-/m1/s1. The van der Waals surface area contributed by atoms with Gasteiger partial charge in [0.1, 0.15) is 5.75 Å². The highest BCUT2D eigenvalue weighted by molar-refractivity contribution is 9.10. The molecule has 0 aromatic heterocycles. The van der Waals surface area contributed by atoms with Gasteiger partial charge in [-0.3, -0.25) is 0 Å². The normalized spacial score (nSPS) is 22.1. The summed E-state index contributed by atoms with van der Waals surface area (Å²) in [6.07, 6.45) is 0. The van der Waals surface area contributed by atoms with E-state index in [1.54, 1.807) is 12.1 Å². The van der Waals surface area contributed by atoms with Crippen molar-refractivity contribution in [2.45, 2.75) is 44.8 Å². The lowest BCUT2D eigenvalue weighted by atomic mass is 9.74. The van der Waals surface area contributed by atoms with Crippen molar-refractivity contribution in [3.63, 3.8) is 0 Å². The van der Waals surface area contributed by atoms with Crippen molar-refractivity contribution in [2.75, 3.05) is 0 Å². The zero-order chi connectivity index (χ0) is 15.3. The molecule has 3 N–H and O–H groups in total.